The number of piperidine rings is 1. The molecule has 1 fully saturated rings. The number of carbonyl (C=O) groups is 1. The molecule has 1 unspecified atom stereocenters. The van der Waals surface area contributed by atoms with Gasteiger partial charge in [-0.3, -0.25) is 4.79 Å². The smallest absolute Gasteiger partial charge is 0.254 e. The Kier molecular flexibility index (Phi) is 4.53. The van der Waals surface area contributed by atoms with Crippen molar-refractivity contribution < 1.29 is 9.90 Å². The van der Waals surface area contributed by atoms with Crippen molar-refractivity contribution in [2.24, 2.45) is 0 Å². The van der Waals surface area contributed by atoms with Crippen molar-refractivity contribution in [2.45, 2.75) is 31.7 Å². The number of hydrogen-bond acceptors (Lipinski definition) is 3. The number of amides is 1. The van der Waals surface area contributed by atoms with Gasteiger partial charge in [0.25, 0.3) is 5.91 Å². The molecule has 2 aromatic rings. The van der Waals surface area contributed by atoms with Crippen LogP contribution >= 0.6 is 0 Å². The van der Waals surface area contributed by atoms with Gasteiger partial charge in [-0.1, -0.05) is 0 Å². The van der Waals surface area contributed by atoms with Crippen molar-refractivity contribution in [1.29, 1.82) is 0 Å². The fourth-order valence-corrected chi connectivity index (χ4v) is 3.07. The molecule has 5 nitrogen and oxygen atoms in total. The first-order valence-corrected chi connectivity index (χ1v) is 7.80. The Labute approximate surface area is 130 Å². The maximum absolute atomic E-state index is 12.7. The number of hydrogen-bond donors (Lipinski definition) is 1. The molecule has 1 N–H and O–H groups in total. The zero-order chi connectivity index (χ0) is 15.4. The van der Waals surface area contributed by atoms with Crippen molar-refractivity contribution in [3.63, 3.8) is 0 Å². The van der Waals surface area contributed by atoms with Gasteiger partial charge in [-0.25, -0.2) is 4.98 Å². The summed E-state index contributed by atoms with van der Waals surface area (Å²) in [5, 5.41) is 9.18. The zero-order valence-corrected chi connectivity index (χ0v) is 12.6. The van der Waals surface area contributed by atoms with Gasteiger partial charge in [0, 0.05) is 42.8 Å². The lowest BCUT2D eigenvalue weighted by Gasteiger charge is -2.35. The summed E-state index contributed by atoms with van der Waals surface area (Å²) in [6.45, 7) is 0.917. The average molecular weight is 299 g/mol. The molecule has 116 valence electrons. The van der Waals surface area contributed by atoms with Crippen LogP contribution in [0.5, 0.6) is 0 Å². The molecule has 0 spiro atoms. The Hall–Kier alpha value is -2.14. The summed E-state index contributed by atoms with van der Waals surface area (Å²) < 4.78 is 1.91. The first kappa shape index (κ1) is 14.8. The molecule has 0 bridgehead atoms. The minimum absolute atomic E-state index is 0.0651. The zero-order valence-electron chi connectivity index (χ0n) is 12.6. The third-order valence-corrected chi connectivity index (χ3v) is 4.27. The summed E-state index contributed by atoms with van der Waals surface area (Å²) in [4.78, 5) is 18.7. The Morgan fingerprint density at radius 3 is 2.77 bits per heavy atom. The van der Waals surface area contributed by atoms with E-state index in [1.165, 1.54) is 0 Å². The van der Waals surface area contributed by atoms with E-state index in [1.807, 2.05) is 39.9 Å². The normalized spacial score (nSPS) is 18.4. The summed E-state index contributed by atoms with van der Waals surface area (Å²) in [6.07, 6.45) is 9.16. The van der Waals surface area contributed by atoms with Crippen LogP contribution in [0.1, 0.15) is 36.0 Å². The quantitative estimate of drug-likeness (QED) is 0.942. The maximum Gasteiger partial charge on any atom is 0.254 e. The molecule has 0 radical (unpaired) electrons. The van der Waals surface area contributed by atoms with Crippen LogP contribution in [0.4, 0.5) is 0 Å². The van der Waals surface area contributed by atoms with Crippen LogP contribution < -0.4 is 0 Å². The van der Waals surface area contributed by atoms with Gasteiger partial charge in [0.1, 0.15) is 0 Å². The second-order valence-corrected chi connectivity index (χ2v) is 5.68. The number of likely N-dealkylation sites (tertiary alicyclic amines) is 1. The van der Waals surface area contributed by atoms with E-state index < -0.39 is 0 Å². The average Bonchev–Trinajstić information content (AvgIpc) is 3.10. The monoisotopic (exact) mass is 299 g/mol. The molecule has 3 rings (SSSR count). The SMILES string of the molecule is O=C(c1ccc(-n2ccnc2)cc1)N1CCCCC1CCO. The number of aliphatic hydroxyl groups is 1. The molecule has 2 heterocycles. The first-order valence-electron chi connectivity index (χ1n) is 7.80. The molecule has 1 saturated heterocycles. The van der Waals surface area contributed by atoms with Crippen molar-refractivity contribution in [1.82, 2.24) is 14.5 Å². The molecule has 1 aliphatic rings. The summed E-state index contributed by atoms with van der Waals surface area (Å²) in [5.74, 6) is 0.0651. The summed E-state index contributed by atoms with van der Waals surface area (Å²) >= 11 is 0. The molecule has 22 heavy (non-hydrogen) atoms. The lowest BCUT2D eigenvalue weighted by molar-refractivity contribution is 0.0574. The predicted molar refractivity (Wildman–Crippen MR) is 83.9 cm³/mol. The van der Waals surface area contributed by atoms with Crippen LogP contribution in [0.3, 0.4) is 0 Å². The topological polar surface area (TPSA) is 58.4 Å². The second kappa shape index (κ2) is 6.75. The second-order valence-electron chi connectivity index (χ2n) is 5.68. The van der Waals surface area contributed by atoms with E-state index >= 15 is 0 Å². The Morgan fingerprint density at radius 1 is 1.27 bits per heavy atom. The Bertz CT molecular complexity index is 605. The summed E-state index contributed by atoms with van der Waals surface area (Å²) in [6, 6.07) is 7.75. The molecule has 1 aliphatic heterocycles. The highest BCUT2D eigenvalue weighted by atomic mass is 16.3. The van der Waals surface area contributed by atoms with Gasteiger partial charge in [-0.05, 0) is 49.9 Å². The lowest BCUT2D eigenvalue weighted by atomic mass is 9.98. The van der Waals surface area contributed by atoms with E-state index in [0.717, 1.165) is 31.5 Å². The fourth-order valence-electron chi connectivity index (χ4n) is 3.07. The first-order chi connectivity index (χ1) is 10.8. The molecule has 5 heteroatoms. The largest absolute Gasteiger partial charge is 0.396 e. The van der Waals surface area contributed by atoms with Gasteiger partial charge in [0.2, 0.25) is 0 Å². The summed E-state index contributed by atoms with van der Waals surface area (Å²) in [5.41, 5.74) is 1.69. The Balaban J connectivity index is 1.76. The van der Waals surface area contributed by atoms with E-state index in [0.29, 0.717) is 12.0 Å². The Morgan fingerprint density at radius 2 is 2.09 bits per heavy atom. The van der Waals surface area contributed by atoms with Gasteiger partial charge in [-0.15, -0.1) is 0 Å². The van der Waals surface area contributed by atoms with E-state index in [2.05, 4.69) is 4.98 Å². The van der Waals surface area contributed by atoms with Crippen molar-refractivity contribution >= 4 is 5.91 Å². The molecule has 1 aromatic carbocycles. The van der Waals surface area contributed by atoms with E-state index in [1.54, 1.807) is 12.5 Å². The summed E-state index contributed by atoms with van der Waals surface area (Å²) in [7, 11) is 0. The van der Waals surface area contributed by atoms with Crippen LogP contribution in [0, 0.1) is 0 Å². The third kappa shape index (κ3) is 3.04. The van der Waals surface area contributed by atoms with Crippen LogP contribution in [-0.4, -0.2) is 44.7 Å². The maximum atomic E-state index is 12.7. The number of rotatable bonds is 4. The standard InChI is InChI=1S/C17H21N3O2/c21-12-8-16-3-1-2-10-20(16)17(22)14-4-6-15(7-5-14)19-11-9-18-13-19/h4-7,9,11,13,16,21H,1-3,8,10,12H2. The van der Waals surface area contributed by atoms with Gasteiger partial charge < -0.3 is 14.6 Å². The molecule has 0 aliphatic carbocycles. The minimum atomic E-state index is 0.0651. The van der Waals surface area contributed by atoms with E-state index in [9.17, 15) is 9.90 Å². The molecule has 1 atom stereocenters. The van der Waals surface area contributed by atoms with Gasteiger partial charge in [0.15, 0.2) is 0 Å². The number of aromatic nitrogens is 2. The molecule has 1 amide bonds. The molecular weight excluding hydrogens is 278 g/mol. The number of carbonyl (C=O) groups excluding carboxylic acids is 1. The highest BCUT2D eigenvalue weighted by Crippen LogP contribution is 2.22. The lowest BCUT2D eigenvalue weighted by Crippen LogP contribution is -2.44. The van der Waals surface area contributed by atoms with E-state index in [4.69, 9.17) is 0 Å². The van der Waals surface area contributed by atoms with Gasteiger partial charge >= 0.3 is 0 Å². The fraction of sp³-hybridized carbons (Fsp3) is 0.412. The minimum Gasteiger partial charge on any atom is -0.396 e. The highest BCUT2D eigenvalue weighted by molar-refractivity contribution is 5.94. The molecule has 0 saturated carbocycles. The molecule has 1 aromatic heterocycles. The molecular formula is C17H21N3O2. The van der Waals surface area contributed by atoms with E-state index in [-0.39, 0.29) is 18.6 Å². The highest BCUT2D eigenvalue weighted by Gasteiger charge is 2.26. The van der Waals surface area contributed by atoms with Crippen LogP contribution in [-0.2, 0) is 0 Å². The number of imidazole rings is 1. The predicted octanol–water partition coefficient (Wildman–Crippen LogP) is 2.25. The van der Waals surface area contributed by atoms with Crippen molar-refractivity contribution in [2.75, 3.05) is 13.2 Å². The van der Waals surface area contributed by atoms with Gasteiger partial charge in [0.05, 0.1) is 6.33 Å². The van der Waals surface area contributed by atoms with Crippen molar-refractivity contribution in [3.8, 4) is 5.69 Å². The van der Waals surface area contributed by atoms with Crippen LogP contribution in [0.2, 0.25) is 0 Å². The van der Waals surface area contributed by atoms with Gasteiger partial charge in [-0.2, -0.15) is 0 Å². The van der Waals surface area contributed by atoms with Crippen LogP contribution in [0.25, 0.3) is 5.69 Å². The third-order valence-electron chi connectivity index (χ3n) is 4.27. The van der Waals surface area contributed by atoms with Crippen molar-refractivity contribution in [3.05, 3.63) is 48.5 Å². The number of aliphatic hydroxyl groups excluding tert-OH is 1. The van der Waals surface area contributed by atoms with Crippen LogP contribution in [0.15, 0.2) is 43.0 Å². The number of nitrogens with zero attached hydrogens (tertiary/aromatic N) is 3. The number of benzene rings is 1.